The molecular weight excluding hydrogens is 334 g/mol. The number of ether oxygens (including phenoxy) is 1. The Hall–Kier alpha value is -0.160. The number of halogens is 4. The number of benzene rings is 1. The summed E-state index contributed by atoms with van der Waals surface area (Å²) in [4.78, 5) is 0. The second kappa shape index (κ2) is 6.43. The summed E-state index contributed by atoms with van der Waals surface area (Å²) >= 11 is 6.59. The van der Waals surface area contributed by atoms with Crippen LogP contribution in [-0.4, -0.2) is 11.9 Å². The van der Waals surface area contributed by atoms with E-state index in [1.54, 1.807) is 6.07 Å². The summed E-state index contributed by atoms with van der Waals surface area (Å²) in [6.07, 6.45) is 1.78. The zero-order valence-corrected chi connectivity index (χ0v) is 11.0. The van der Waals surface area contributed by atoms with Crippen molar-refractivity contribution in [2.24, 2.45) is 0 Å². The standard InChI is InChI=1S/C10H10Br2F2O/c11-6-2-4-7-3-1-5-8(9(7)12)15-10(13)14/h1,3,5,10H,2,4,6H2. The van der Waals surface area contributed by atoms with Gasteiger partial charge in [-0.1, -0.05) is 28.1 Å². The Balaban J connectivity index is 2.80. The van der Waals surface area contributed by atoms with Crippen LogP contribution < -0.4 is 4.74 Å². The topological polar surface area (TPSA) is 9.23 Å². The van der Waals surface area contributed by atoms with E-state index in [2.05, 4.69) is 36.6 Å². The second-order valence-corrected chi connectivity index (χ2v) is 4.49. The van der Waals surface area contributed by atoms with Crippen LogP contribution in [0.5, 0.6) is 5.75 Å². The number of hydrogen-bond acceptors (Lipinski definition) is 1. The highest BCUT2D eigenvalue weighted by molar-refractivity contribution is 9.10. The summed E-state index contributed by atoms with van der Waals surface area (Å²) in [5, 5.41) is 0.888. The highest BCUT2D eigenvalue weighted by Crippen LogP contribution is 2.30. The predicted octanol–water partition coefficient (Wildman–Crippen LogP) is 4.38. The summed E-state index contributed by atoms with van der Waals surface area (Å²) in [6, 6.07) is 5.13. The molecule has 0 heterocycles. The average molecular weight is 344 g/mol. The first-order valence-corrected chi connectivity index (χ1v) is 6.34. The predicted molar refractivity (Wildman–Crippen MR) is 62.9 cm³/mol. The third-order valence-corrected chi connectivity index (χ3v) is 3.30. The monoisotopic (exact) mass is 342 g/mol. The summed E-state index contributed by atoms with van der Waals surface area (Å²) in [7, 11) is 0. The van der Waals surface area contributed by atoms with Gasteiger partial charge >= 0.3 is 6.61 Å². The van der Waals surface area contributed by atoms with Gasteiger partial charge in [0, 0.05) is 5.33 Å². The van der Waals surface area contributed by atoms with Crippen molar-refractivity contribution in [1.29, 1.82) is 0 Å². The lowest BCUT2D eigenvalue weighted by Crippen LogP contribution is -2.03. The largest absolute Gasteiger partial charge is 0.434 e. The van der Waals surface area contributed by atoms with Crippen molar-refractivity contribution < 1.29 is 13.5 Å². The van der Waals surface area contributed by atoms with Gasteiger partial charge in [0.25, 0.3) is 0 Å². The average Bonchev–Trinajstić information content (AvgIpc) is 2.19. The van der Waals surface area contributed by atoms with E-state index in [4.69, 9.17) is 0 Å². The molecule has 84 valence electrons. The van der Waals surface area contributed by atoms with Gasteiger partial charge in [-0.25, -0.2) is 0 Å². The smallest absolute Gasteiger partial charge is 0.387 e. The van der Waals surface area contributed by atoms with Crippen molar-refractivity contribution in [3.05, 3.63) is 28.2 Å². The van der Waals surface area contributed by atoms with Crippen molar-refractivity contribution in [1.82, 2.24) is 0 Å². The van der Waals surface area contributed by atoms with Gasteiger partial charge < -0.3 is 4.74 Å². The lowest BCUT2D eigenvalue weighted by molar-refractivity contribution is -0.0503. The lowest BCUT2D eigenvalue weighted by atomic mass is 10.1. The molecule has 0 aromatic heterocycles. The van der Waals surface area contributed by atoms with Crippen molar-refractivity contribution in [2.75, 3.05) is 5.33 Å². The molecule has 0 aliphatic rings. The minimum absolute atomic E-state index is 0.192. The van der Waals surface area contributed by atoms with Crippen LogP contribution in [0.1, 0.15) is 12.0 Å². The quantitative estimate of drug-likeness (QED) is 0.721. The van der Waals surface area contributed by atoms with Gasteiger partial charge in [-0.15, -0.1) is 0 Å². The van der Waals surface area contributed by atoms with Crippen LogP contribution in [0, 0.1) is 0 Å². The molecule has 0 aliphatic carbocycles. The lowest BCUT2D eigenvalue weighted by Gasteiger charge is -2.10. The summed E-state index contributed by atoms with van der Waals surface area (Å²) in [5.74, 6) is 0.192. The van der Waals surface area contributed by atoms with Gasteiger partial charge in [0.05, 0.1) is 4.47 Å². The van der Waals surface area contributed by atoms with Crippen molar-refractivity contribution in [3.8, 4) is 5.75 Å². The molecule has 0 saturated carbocycles. The Morgan fingerprint density at radius 3 is 2.67 bits per heavy atom. The van der Waals surface area contributed by atoms with Gasteiger partial charge in [0.1, 0.15) is 5.75 Å². The van der Waals surface area contributed by atoms with Crippen LogP contribution in [0.25, 0.3) is 0 Å². The van der Waals surface area contributed by atoms with E-state index in [9.17, 15) is 8.78 Å². The molecule has 0 saturated heterocycles. The zero-order chi connectivity index (χ0) is 11.3. The fourth-order valence-corrected chi connectivity index (χ4v) is 2.03. The van der Waals surface area contributed by atoms with Crippen molar-refractivity contribution in [3.63, 3.8) is 0 Å². The first-order valence-electron chi connectivity index (χ1n) is 4.43. The van der Waals surface area contributed by atoms with Crippen LogP contribution in [0.3, 0.4) is 0 Å². The molecule has 0 aliphatic heterocycles. The minimum Gasteiger partial charge on any atom is -0.434 e. The highest BCUT2D eigenvalue weighted by atomic mass is 79.9. The van der Waals surface area contributed by atoms with Crippen LogP contribution in [0.2, 0.25) is 0 Å². The molecule has 1 rings (SSSR count). The first kappa shape index (κ1) is 12.9. The molecule has 1 nitrogen and oxygen atoms in total. The highest BCUT2D eigenvalue weighted by Gasteiger charge is 2.10. The normalized spacial score (nSPS) is 10.7. The second-order valence-electron chi connectivity index (χ2n) is 2.90. The molecule has 0 fully saturated rings. The third-order valence-electron chi connectivity index (χ3n) is 1.84. The fraction of sp³-hybridized carbons (Fsp3) is 0.400. The Morgan fingerprint density at radius 1 is 1.33 bits per heavy atom. The fourth-order valence-electron chi connectivity index (χ4n) is 1.19. The Labute approximate surface area is 104 Å². The molecule has 0 atom stereocenters. The summed E-state index contributed by atoms with van der Waals surface area (Å²) < 4.78 is 29.1. The number of aryl methyl sites for hydroxylation is 1. The van der Waals surface area contributed by atoms with E-state index in [0.717, 1.165) is 23.7 Å². The van der Waals surface area contributed by atoms with Crippen LogP contribution in [-0.2, 0) is 6.42 Å². The van der Waals surface area contributed by atoms with Crippen molar-refractivity contribution in [2.45, 2.75) is 19.5 Å². The van der Waals surface area contributed by atoms with E-state index in [-0.39, 0.29) is 5.75 Å². The van der Waals surface area contributed by atoms with Crippen molar-refractivity contribution >= 4 is 31.9 Å². The van der Waals surface area contributed by atoms with Crippen LogP contribution in [0.15, 0.2) is 22.7 Å². The maximum Gasteiger partial charge on any atom is 0.387 e. The Morgan fingerprint density at radius 2 is 2.07 bits per heavy atom. The Kier molecular flexibility index (Phi) is 5.53. The summed E-state index contributed by atoms with van der Waals surface area (Å²) in [6.45, 7) is -2.78. The molecule has 0 spiro atoms. The molecule has 0 radical (unpaired) electrons. The van der Waals surface area contributed by atoms with E-state index in [1.165, 1.54) is 6.07 Å². The maximum absolute atomic E-state index is 12.0. The SMILES string of the molecule is FC(F)Oc1cccc(CCCBr)c1Br. The van der Waals surface area contributed by atoms with E-state index >= 15 is 0 Å². The molecule has 0 amide bonds. The zero-order valence-electron chi connectivity index (χ0n) is 7.85. The molecular formula is C10H10Br2F2O. The number of rotatable bonds is 5. The first-order chi connectivity index (χ1) is 7.15. The van der Waals surface area contributed by atoms with E-state index < -0.39 is 6.61 Å². The molecule has 5 heteroatoms. The molecule has 0 N–H and O–H groups in total. The van der Waals surface area contributed by atoms with Gasteiger partial charge in [0.15, 0.2) is 0 Å². The number of hydrogen-bond donors (Lipinski definition) is 0. The Bertz CT molecular complexity index is 318. The van der Waals surface area contributed by atoms with Gasteiger partial charge in [-0.05, 0) is 40.4 Å². The van der Waals surface area contributed by atoms with Gasteiger partial charge in [-0.3, -0.25) is 0 Å². The van der Waals surface area contributed by atoms with E-state index in [1.807, 2.05) is 6.07 Å². The van der Waals surface area contributed by atoms with Crippen LogP contribution >= 0.6 is 31.9 Å². The maximum atomic E-state index is 12.0. The van der Waals surface area contributed by atoms with E-state index in [0.29, 0.717) is 4.47 Å². The molecule has 1 aromatic carbocycles. The third kappa shape index (κ3) is 4.07. The molecule has 1 aromatic rings. The molecule has 0 bridgehead atoms. The molecule has 0 unspecified atom stereocenters. The molecule has 15 heavy (non-hydrogen) atoms. The van der Waals surface area contributed by atoms with Gasteiger partial charge in [-0.2, -0.15) is 8.78 Å². The minimum atomic E-state index is -2.78. The van der Waals surface area contributed by atoms with Gasteiger partial charge in [0.2, 0.25) is 0 Å². The van der Waals surface area contributed by atoms with Crippen LogP contribution in [0.4, 0.5) is 8.78 Å². The number of alkyl halides is 3. The summed E-state index contributed by atoms with van der Waals surface area (Å²) in [5.41, 5.74) is 0.979.